The molecule has 11 atom stereocenters. The van der Waals surface area contributed by atoms with Gasteiger partial charge in [0.05, 0.1) is 36.4 Å². The molecule has 2 saturated carbocycles. The SMILES string of the molecule is CC(=O)NC(c1ccccc1)C(O)C(=O)OC1CC2(O)C(O)C3C4(O)COC4CC(O)[C@@]3(C)C(=O)[C@H](C)C(=C1C)C2(C)C. The van der Waals surface area contributed by atoms with Gasteiger partial charge in [0.1, 0.15) is 23.1 Å². The number of aliphatic hydroxyl groups excluding tert-OH is 3. The van der Waals surface area contributed by atoms with Crippen LogP contribution in [-0.2, 0) is 23.9 Å². The van der Waals surface area contributed by atoms with Crippen LogP contribution in [0.5, 0.6) is 0 Å². The summed E-state index contributed by atoms with van der Waals surface area (Å²) in [6, 6.07) is 7.33. The lowest BCUT2D eigenvalue weighted by molar-refractivity contribution is -0.344. The number of nitrogens with one attached hydrogen (secondary N) is 1. The molecule has 5 rings (SSSR count). The van der Waals surface area contributed by atoms with Crippen LogP contribution in [0.3, 0.4) is 0 Å². The van der Waals surface area contributed by atoms with Crippen molar-refractivity contribution in [3.05, 3.63) is 47.0 Å². The Labute approximate surface area is 250 Å². The lowest BCUT2D eigenvalue weighted by Crippen LogP contribution is -2.80. The first-order valence-corrected chi connectivity index (χ1v) is 14.8. The summed E-state index contributed by atoms with van der Waals surface area (Å²) in [4.78, 5) is 39.7. The number of hydrogen-bond acceptors (Lipinski definition) is 10. The first-order valence-electron chi connectivity index (χ1n) is 14.8. The van der Waals surface area contributed by atoms with Crippen LogP contribution in [0.15, 0.2) is 41.5 Å². The van der Waals surface area contributed by atoms with Gasteiger partial charge in [-0.1, -0.05) is 51.1 Å². The zero-order valence-electron chi connectivity index (χ0n) is 25.4. The van der Waals surface area contributed by atoms with Crippen LogP contribution >= 0.6 is 0 Å². The number of ether oxygens (including phenoxy) is 2. The number of ketones is 1. The van der Waals surface area contributed by atoms with Gasteiger partial charge in [0, 0.05) is 37.0 Å². The van der Waals surface area contributed by atoms with E-state index in [0.29, 0.717) is 16.7 Å². The molecule has 9 unspecified atom stereocenters. The summed E-state index contributed by atoms with van der Waals surface area (Å²) in [5.41, 5.74) is -5.14. The summed E-state index contributed by atoms with van der Waals surface area (Å²) < 4.78 is 11.4. The highest BCUT2D eigenvalue weighted by molar-refractivity contribution is 5.91. The van der Waals surface area contributed by atoms with Gasteiger partial charge in [0.2, 0.25) is 5.91 Å². The third-order valence-electron chi connectivity index (χ3n) is 11.0. The molecule has 236 valence electrons. The summed E-state index contributed by atoms with van der Waals surface area (Å²) in [6.07, 6.45) is -7.08. The Balaban J connectivity index is 1.57. The maximum atomic E-state index is 14.3. The Morgan fingerprint density at radius 2 is 1.74 bits per heavy atom. The van der Waals surface area contributed by atoms with Crippen LogP contribution in [0, 0.1) is 22.7 Å². The molecule has 3 aliphatic carbocycles. The minimum Gasteiger partial charge on any atom is -0.456 e. The van der Waals surface area contributed by atoms with Gasteiger partial charge in [-0.05, 0) is 30.6 Å². The van der Waals surface area contributed by atoms with Crippen molar-refractivity contribution in [3.63, 3.8) is 0 Å². The first kappa shape index (κ1) is 31.7. The first-order chi connectivity index (χ1) is 19.9. The number of carbonyl (C=O) groups excluding carboxylic acids is 3. The summed E-state index contributed by atoms with van der Waals surface area (Å²) in [6.45, 7) is 9.37. The molecule has 1 amide bonds. The van der Waals surface area contributed by atoms with Gasteiger partial charge in [0.25, 0.3) is 0 Å². The average molecular weight is 602 g/mol. The minimum absolute atomic E-state index is 0.00351. The van der Waals surface area contributed by atoms with Gasteiger partial charge in [-0.2, -0.15) is 0 Å². The second kappa shape index (κ2) is 10.5. The highest BCUT2D eigenvalue weighted by Gasteiger charge is 2.74. The largest absolute Gasteiger partial charge is 0.456 e. The van der Waals surface area contributed by atoms with Gasteiger partial charge in [-0.25, -0.2) is 4.79 Å². The summed E-state index contributed by atoms with van der Waals surface area (Å²) in [5, 5.41) is 61.2. The number of aliphatic hydroxyl groups is 5. The van der Waals surface area contributed by atoms with Crippen LogP contribution in [0.4, 0.5) is 0 Å². The van der Waals surface area contributed by atoms with Crippen molar-refractivity contribution < 1.29 is 49.4 Å². The van der Waals surface area contributed by atoms with Crippen molar-refractivity contribution in [2.45, 2.75) is 102 Å². The van der Waals surface area contributed by atoms with Crippen molar-refractivity contribution in [2.24, 2.45) is 22.7 Å². The summed E-state index contributed by atoms with van der Waals surface area (Å²) in [7, 11) is 0. The molecule has 43 heavy (non-hydrogen) atoms. The van der Waals surface area contributed by atoms with E-state index in [1.54, 1.807) is 58.0 Å². The van der Waals surface area contributed by atoms with Gasteiger partial charge in [0.15, 0.2) is 6.10 Å². The number of Topliss-reactive ketones (excluding diaryl/α,β-unsaturated/α-hetero) is 1. The third-order valence-corrected chi connectivity index (χ3v) is 11.0. The van der Waals surface area contributed by atoms with Crippen LogP contribution in [-0.4, -0.2) is 91.5 Å². The Morgan fingerprint density at radius 3 is 2.30 bits per heavy atom. The molecular formula is C32H43NO10. The molecule has 3 fully saturated rings. The molecule has 1 saturated heterocycles. The Kier molecular flexibility index (Phi) is 7.72. The van der Waals surface area contributed by atoms with E-state index in [2.05, 4.69) is 5.32 Å². The fourth-order valence-corrected chi connectivity index (χ4v) is 8.56. The van der Waals surface area contributed by atoms with Gasteiger partial charge in [-0.15, -0.1) is 0 Å². The molecule has 11 nitrogen and oxygen atoms in total. The molecule has 6 N–H and O–H groups in total. The molecule has 0 aromatic heterocycles. The van der Waals surface area contributed by atoms with E-state index in [4.69, 9.17) is 9.47 Å². The fourth-order valence-electron chi connectivity index (χ4n) is 8.56. The normalized spacial score (nSPS) is 41.4. The molecule has 0 radical (unpaired) electrons. The van der Waals surface area contributed by atoms with E-state index in [1.165, 1.54) is 13.8 Å². The molecule has 2 bridgehead atoms. The van der Waals surface area contributed by atoms with E-state index in [-0.39, 0.29) is 19.4 Å². The van der Waals surface area contributed by atoms with Crippen molar-refractivity contribution >= 4 is 17.7 Å². The number of esters is 1. The number of amides is 1. The molecule has 0 spiro atoms. The van der Waals surface area contributed by atoms with E-state index in [1.807, 2.05) is 0 Å². The predicted octanol–water partition coefficient (Wildman–Crippen LogP) is 0.711. The maximum absolute atomic E-state index is 14.3. The highest BCUT2D eigenvalue weighted by Crippen LogP contribution is 2.63. The Bertz CT molecular complexity index is 1340. The van der Waals surface area contributed by atoms with E-state index in [0.717, 1.165) is 0 Å². The number of benzene rings is 1. The zero-order chi connectivity index (χ0) is 31.9. The van der Waals surface area contributed by atoms with Crippen LogP contribution in [0.1, 0.15) is 66.0 Å². The van der Waals surface area contributed by atoms with Crippen LogP contribution in [0.25, 0.3) is 0 Å². The number of fused-ring (bicyclic) bond motifs is 5. The standard InChI is InChI=1S/C32H43NO10/c1-15-19(43-28(39)24(36)23(33-17(3)34)18-10-8-7-9-11-18)13-32(41)27(38)25-30(6,20(35)12-21-31(25,40)14-42-21)26(37)16(2)22(15)29(32,4)5/h7-11,16,19-21,23-25,27,35-36,38,40-41H,12-14H2,1-6H3,(H,33,34)/t16-,19?,20?,21?,23?,24?,25?,27?,30-,31?,32?/m1/s1. The monoisotopic (exact) mass is 601 g/mol. The van der Waals surface area contributed by atoms with Gasteiger partial charge >= 0.3 is 5.97 Å². The third kappa shape index (κ3) is 4.42. The van der Waals surface area contributed by atoms with Crippen molar-refractivity contribution in [1.29, 1.82) is 0 Å². The number of rotatable bonds is 5. The van der Waals surface area contributed by atoms with Gasteiger partial charge in [-0.3, -0.25) is 9.59 Å². The summed E-state index contributed by atoms with van der Waals surface area (Å²) in [5.74, 6) is -4.12. The molecule has 4 aliphatic rings. The van der Waals surface area contributed by atoms with Crippen molar-refractivity contribution in [3.8, 4) is 0 Å². The second-order valence-electron chi connectivity index (χ2n) is 13.6. The van der Waals surface area contributed by atoms with E-state index < -0.39 is 88.1 Å². The molecule has 11 heteroatoms. The quantitative estimate of drug-likeness (QED) is 0.208. The topological polar surface area (TPSA) is 183 Å². The number of carbonyl (C=O) groups is 3. The zero-order valence-corrected chi connectivity index (χ0v) is 25.4. The highest BCUT2D eigenvalue weighted by atomic mass is 16.6. The second-order valence-corrected chi connectivity index (χ2v) is 13.6. The molecule has 1 aliphatic heterocycles. The minimum atomic E-state index is -2.04. The molecule has 1 heterocycles. The molecule has 1 aromatic rings. The number of hydrogen-bond donors (Lipinski definition) is 6. The van der Waals surface area contributed by atoms with Crippen molar-refractivity contribution in [2.75, 3.05) is 6.61 Å². The predicted molar refractivity (Wildman–Crippen MR) is 152 cm³/mol. The fraction of sp³-hybridized carbons (Fsp3) is 0.656. The molecule has 1 aromatic carbocycles. The lowest BCUT2D eigenvalue weighted by Gasteiger charge is -2.66. The van der Waals surface area contributed by atoms with E-state index in [9.17, 15) is 39.9 Å². The Morgan fingerprint density at radius 1 is 1.12 bits per heavy atom. The van der Waals surface area contributed by atoms with Crippen molar-refractivity contribution in [1.82, 2.24) is 5.32 Å². The van der Waals surface area contributed by atoms with E-state index >= 15 is 0 Å². The summed E-state index contributed by atoms with van der Waals surface area (Å²) >= 11 is 0. The Hall–Kier alpha value is -2.67. The van der Waals surface area contributed by atoms with Gasteiger partial charge < -0.3 is 40.3 Å². The van der Waals surface area contributed by atoms with Crippen LogP contribution < -0.4 is 5.32 Å². The maximum Gasteiger partial charge on any atom is 0.338 e. The van der Waals surface area contributed by atoms with Crippen LogP contribution in [0.2, 0.25) is 0 Å². The average Bonchev–Trinajstić information content (AvgIpc) is 2.94. The smallest absolute Gasteiger partial charge is 0.338 e. The lowest BCUT2D eigenvalue weighted by atomic mass is 9.44. The molecular weight excluding hydrogens is 558 g/mol.